The summed E-state index contributed by atoms with van der Waals surface area (Å²) in [5.41, 5.74) is -0.507. The molecular weight excluding hydrogens is 370 g/mol. The largest absolute Gasteiger partial charge is 0.352 e. The van der Waals surface area contributed by atoms with Crippen molar-refractivity contribution < 1.29 is 18.1 Å². The van der Waals surface area contributed by atoms with Crippen molar-refractivity contribution in [1.82, 2.24) is 10.0 Å². The summed E-state index contributed by atoms with van der Waals surface area (Å²) in [6.45, 7) is -0.421. The summed E-state index contributed by atoms with van der Waals surface area (Å²) < 4.78 is 26.6. The summed E-state index contributed by atoms with van der Waals surface area (Å²) in [5.74, 6) is -0.418. The zero-order valence-electron chi connectivity index (χ0n) is 13.5. The van der Waals surface area contributed by atoms with E-state index in [0.717, 1.165) is 56.7 Å². The molecule has 25 heavy (non-hydrogen) atoms. The molecule has 0 saturated heterocycles. The number of carbonyl (C=O) groups excluding carboxylic acids is 1. The number of nitrogens with zero attached hydrogens (tertiary/aromatic N) is 1. The van der Waals surface area contributed by atoms with E-state index in [1.165, 1.54) is 0 Å². The monoisotopic (exact) mass is 389 g/mol. The van der Waals surface area contributed by atoms with Crippen LogP contribution in [0.5, 0.6) is 0 Å². The van der Waals surface area contributed by atoms with Gasteiger partial charge in [0.05, 0.1) is 16.4 Å². The second-order valence-electron chi connectivity index (χ2n) is 5.95. The number of rotatable bonds is 6. The molecule has 138 valence electrons. The lowest BCUT2D eigenvalue weighted by Crippen LogP contribution is -2.41. The van der Waals surface area contributed by atoms with Gasteiger partial charge in [0.15, 0.2) is 0 Å². The Kier molecular flexibility index (Phi) is 6.74. The van der Waals surface area contributed by atoms with Crippen LogP contribution in [0.3, 0.4) is 0 Å². The summed E-state index contributed by atoms with van der Waals surface area (Å²) >= 11 is 5.67. The Labute approximate surface area is 151 Å². The van der Waals surface area contributed by atoms with Crippen LogP contribution in [0.4, 0.5) is 5.69 Å². The molecule has 1 aromatic carbocycles. The van der Waals surface area contributed by atoms with Crippen LogP contribution in [0.1, 0.15) is 38.5 Å². The summed E-state index contributed by atoms with van der Waals surface area (Å²) in [6, 6.07) is 3.23. The molecule has 8 nitrogen and oxygen atoms in total. The molecular formula is C15H20ClN3O5S. The smallest absolute Gasteiger partial charge is 0.289 e. The van der Waals surface area contributed by atoms with Crippen LogP contribution in [0.15, 0.2) is 23.1 Å². The molecule has 2 N–H and O–H groups in total. The van der Waals surface area contributed by atoms with Gasteiger partial charge in [0.25, 0.3) is 5.69 Å². The maximum Gasteiger partial charge on any atom is 0.289 e. The lowest BCUT2D eigenvalue weighted by molar-refractivity contribution is -0.384. The molecule has 0 atom stereocenters. The number of hydrogen-bond donors (Lipinski definition) is 2. The van der Waals surface area contributed by atoms with Crippen molar-refractivity contribution in [2.24, 2.45) is 0 Å². The van der Waals surface area contributed by atoms with Crippen LogP contribution < -0.4 is 10.0 Å². The van der Waals surface area contributed by atoms with E-state index in [9.17, 15) is 23.3 Å². The van der Waals surface area contributed by atoms with Crippen molar-refractivity contribution >= 4 is 33.2 Å². The van der Waals surface area contributed by atoms with Crippen molar-refractivity contribution in [3.05, 3.63) is 33.3 Å². The summed E-state index contributed by atoms with van der Waals surface area (Å²) in [5, 5.41) is 13.5. The van der Waals surface area contributed by atoms with Crippen LogP contribution in [0.2, 0.25) is 5.02 Å². The van der Waals surface area contributed by atoms with Crippen molar-refractivity contribution in [3.63, 3.8) is 0 Å². The molecule has 1 fully saturated rings. The highest BCUT2D eigenvalue weighted by Crippen LogP contribution is 2.26. The number of sulfonamides is 1. The molecule has 1 saturated carbocycles. The number of halogens is 1. The van der Waals surface area contributed by atoms with Gasteiger partial charge in [-0.3, -0.25) is 14.9 Å². The van der Waals surface area contributed by atoms with E-state index in [1.54, 1.807) is 0 Å². The molecule has 0 radical (unpaired) electrons. The number of amides is 1. The van der Waals surface area contributed by atoms with E-state index in [-0.39, 0.29) is 16.0 Å². The topological polar surface area (TPSA) is 118 Å². The maximum atomic E-state index is 12.2. The predicted octanol–water partition coefficient (Wildman–Crippen LogP) is 2.37. The SMILES string of the molecule is O=C(CNS(=O)(=O)c1ccc(Cl)c([N+](=O)[O-])c1)NC1CCCCCC1. The Morgan fingerprint density at radius 2 is 1.88 bits per heavy atom. The van der Waals surface area contributed by atoms with Crippen LogP contribution in [0.25, 0.3) is 0 Å². The minimum absolute atomic E-state index is 0.0659. The molecule has 0 aliphatic heterocycles. The average Bonchev–Trinajstić information content (AvgIpc) is 2.81. The fourth-order valence-electron chi connectivity index (χ4n) is 2.75. The number of carbonyl (C=O) groups is 1. The summed E-state index contributed by atoms with van der Waals surface area (Å²) in [4.78, 5) is 21.7. The molecule has 0 heterocycles. The first-order valence-corrected chi connectivity index (χ1v) is 9.88. The van der Waals surface area contributed by atoms with Gasteiger partial charge in [-0.05, 0) is 25.0 Å². The highest BCUT2D eigenvalue weighted by Gasteiger charge is 2.22. The number of nitrogens with one attached hydrogen (secondary N) is 2. The fourth-order valence-corrected chi connectivity index (χ4v) is 3.93. The van der Waals surface area contributed by atoms with Crippen LogP contribution in [-0.2, 0) is 14.8 Å². The zero-order chi connectivity index (χ0) is 18.4. The van der Waals surface area contributed by atoms with Gasteiger partial charge in [-0.15, -0.1) is 0 Å². The van der Waals surface area contributed by atoms with Gasteiger partial charge in [0.2, 0.25) is 15.9 Å². The van der Waals surface area contributed by atoms with Gasteiger partial charge in [0.1, 0.15) is 5.02 Å². The normalized spacial score (nSPS) is 16.2. The van der Waals surface area contributed by atoms with Gasteiger partial charge >= 0.3 is 0 Å². The van der Waals surface area contributed by atoms with Gasteiger partial charge in [-0.25, -0.2) is 13.1 Å². The number of nitro benzene ring substituents is 1. The van der Waals surface area contributed by atoms with E-state index in [1.807, 2.05) is 0 Å². The molecule has 10 heteroatoms. The van der Waals surface area contributed by atoms with E-state index in [4.69, 9.17) is 11.6 Å². The Bertz CT molecular complexity index is 746. The predicted molar refractivity (Wildman–Crippen MR) is 92.9 cm³/mol. The van der Waals surface area contributed by atoms with Crippen LogP contribution in [-0.4, -0.2) is 31.8 Å². The molecule has 1 amide bonds. The minimum Gasteiger partial charge on any atom is -0.352 e. The Hall–Kier alpha value is -1.71. The lowest BCUT2D eigenvalue weighted by Gasteiger charge is -2.16. The quantitative estimate of drug-likeness (QED) is 0.439. The molecule has 0 unspecified atom stereocenters. The maximum absolute atomic E-state index is 12.2. The van der Waals surface area contributed by atoms with Crippen LogP contribution in [0, 0.1) is 10.1 Å². The number of benzene rings is 1. The summed E-state index contributed by atoms with van der Waals surface area (Å²) in [7, 11) is -4.05. The highest BCUT2D eigenvalue weighted by molar-refractivity contribution is 7.89. The molecule has 1 aliphatic carbocycles. The van der Waals surface area contributed by atoms with E-state index in [0.29, 0.717) is 0 Å². The molecule has 0 bridgehead atoms. The lowest BCUT2D eigenvalue weighted by atomic mass is 10.1. The third kappa shape index (κ3) is 5.65. The molecule has 1 aliphatic rings. The Morgan fingerprint density at radius 1 is 1.24 bits per heavy atom. The van der Waals surface area contributed by atoms with Crippen molar-refractivity contribution in [3.8, 4) is 0 Å². The van der Waals surface area contributed by atoms with Crippen molar-refractivity contribution in [2.45, 2.75) is 49.5 Å². The van der Waals surface area contributed by atoms with E-state index in [2.05, 4.69) is 10.0 Å². The summed E-state index contributed by atoms with van der Waals surface area (Å²) in [6.07, 6.45) is 6.17. The Balaban J connectivity index is 1.98. The van der Waals surface area contributed by atoms with E-state index >= 15 is 0 Å². The third-order valence-electron chi connectivity index (χ3n) is 4.07. The van der Waals surface area contributed by atoms with Crippen molar-refractivity contribution in [1.29, 1.82) is 0 Å². The molecule has 1 aromatic rings. The molecule has 2 rings (SSSR count). The first kappa shape index (κ1) is 19.6. The zero-order valence-corrected chi connectivity index (χ0v) is 15.1. The van der Waals surface area contributed by atoms with E-state index < -0.39 is 33.1 Å². The van der Waals surface area contributed by atoms with Crippen LogP contribution >= 0.6 is 11.6 Å². The Morgan fingerprint density at radius 3 is 2.48 bits per heavy atom. The number of nitro groups is 1. The second-order valence-corrected chi connectivity index (χ2v) is 8.13. The first-order valence-electron chi connectivity index (χ1n) is 8.02. The van der Waals surface area contributed by atoms with Gasteiger partial charge < -0.3 is 5.32 Å². The van der Waals surface area contributed by atoms with Gasteiger partial charge in [-0.1, -0.05) is 37.3 Å². The minimum atomic E-state index is -4.05. The highest BCUT2D eigenvalue weighted by atomic mass is 35.5. The van der Waals surface area contributed by atoms with Gasteiger partial charge in [-0.2, -0.15) is 0 Å². The average molecular weight is 390 g/mol. The fraction of sp³-hybridized carbons (Fsp3) is 0.533. The van der Waals surface area contributed by atoms with Gasteiger partial charge in [0, 0.05) is 12.1 Å². The second kappa shape index (κ2) is 8.59. The number of hydrogen-bond acceptors (Lipinski definition) is 5. The standard InChI is InChI=1S/C15H20ClN3O5S/c16-13-8-7-12(9-14(13)19(21)22)25(23,24)17-10-15(20)18-11-5-3-1-2-4-6-11/h7-9,11,17H,1-6,10H2,(H,18,20). The van der Waals surface area contributed by atoms with Crippen molar-refractivity contribution in [2.75, 3.05) is 6.54 Å². The molecule has 0 spiro atoms. The molecule has 0 aromatic heterocycles. The first-order chi connectivity index (χ1) is 11.8. The third-order valence-corrected chi connectivity index (χ3v) is 5.79.